The van der Waals surface area contributed by atoms with E-state index in [9.17, 15) is 0 Å². The van der Waals surface area contributed by atoms with Crippen LogP contribution in [0.1, 0.15) is 89.9 Å². The molecule has 0 aromatic rings. The van der Waals surface area contributed by atoms with Gasteiger partial charge in [0.25, 0.3) is 0 Å². The molecule has 3 aliphatic rings. The molecule has 2 atom stereocenters. The third-order valence-corrected chi connectivity index (χ3v) is 6.50. The lowest BCUT2D eigenvalue weighted by Gasteiger charge is -2.45. The third-order valence-electron chi connectivity index (χ3n) is 6.50. The second kappa shape index (κ2) is 7.97. The standard InChI is InChI=1S/C19H36N2/c20-19-14-8-7-9-16(19)15-21(17-10-3-1-4-11-17)18-12-5-2-6-13-18/h16-19H,1-15,20H2. The molecule has 122 valence electrons. The highest BCUT2D eigenvalue weighted by Gasteiger charge is 2.32. The maximum atomic E-state index is 6.46. The number of hydrogen-bond donors (Lipinski definition) is 1. The molecule has 0 aromatic heterocycles. The molecule has 3 aliphatic carbocycles. The molecule has 0 aromatic carbocycles. The second-order valence-corrected chi connectivity index (χ2v) is 7.99. The molecular weight excluding hydrogens is 256 g/mol. The Kier molecular flexibility index (Phi) is 5.99. The summed E-state index contributed by atoms with van der Waals surface area (Å²) in [6.07, 6.45) is 20.1. The highest BCUT2D eigenvalue weighted by atomic mass is 15.2. The zero-order valence-electron chi connectivity index (χ0n) is 13.9. The molecule has 3 rings (SSSR count). The molecule has 0 amide bonds. The minimum Gasteiger partial charge on any atom is -0.327 e. The molecule has 3 saturated carbocycles. The van der Waals surface area contributed by atoms with Crippen molar-refractivity contribution in [3.63, 3.8) is 0 Å². The summed E-state index contributed by atoms with van der Waals surface area (Å²) in [7, 11) is 0. The summed E-state index contributed by atoms with van der Waals surface area (Å²) in [6.45, 7) is 1.32. The fourth-order valence-electron chi connectivity index (χ4n) is 5.16. The normalized spacial score (nSPS) is 33.4. The Bertz CT molecular complexity index is 274. The van der Waals surface area contributed by atoms with Crippen LogP contribution in [0.4, 0.5) is 0 Å². The lowest BCUT2D eigenvalue weighted by molar-refractivity contribution is 0.0529. The molecule has 2 heteroatoms. The Hall–Kier alpha value is -0.0800. The largest absolute Gasteiger partial charge is 0.327 e. The lowest BCUT2D eigenvalue weighted by Crippen LogP contribution is -2.50. The zero-order chi connectivity index (χ0) is 14.5. The molecule has 2 N–H and O–H groups in total. The number of nitrogens with zero attached hydrogens (tertiary/aromatic N) is 1. The van der Waals surface area contributed by atoms with Crippen molar-refractivity contribution in [3.8, 4) is 0 Å². The van der Waals surface area contributed by atoms with Crippen LogP contribution in [0.25, 0.3) is 0 Å². The highest BCUT2D eigenvalue weighted by molar-refractivity contribution is 4.88. The van der Waals surface area contributed by atoms with E-state index in [2.05, 4.69) is 4.90 Å². The van der Waals surface area contributed by atoms with Crippen LogP contribution < -0.4 is 5.73 Å². The summed E-state index contributed by atoms with van der Waals surface area (Å²) < 4.78 is 0. The van der Waals surface area contributed by atoms with Gasteiger partial charge in [0.1, 0.15) is 0 Å². The van der Waals surface area contributed by atoms with Crippen molar-refractivity contribution in [2.75, 3.05) is 6.54 Å². The van der Waals surface area contributed by atoms with E-state index in [0.29, 0.717) is 6.04 Å². The average Bonchev–Trinajstić information content (AvgIpc) is 2.56. The molecule has 0 heterocycles. The summed E-state index contributed by atoms with van der Waals surface area (Å²) >= 11 is 0. The molecule has 0 aliphatic heterocycles. The maximum absolute atomic E-state index is 6.46. The predicted octanol–water partition coefficient (Wildman–Crippen LogP) is 4.47. The molecule has 0 spiro atoms. The van der Waals surface area contributed by atoms with Crippen molar-refractivity contribution in [2.24, 2.45) is 11.7 Å². The number of hydrogen-bond acceptors (Lipinski definition) is 2. The van der Waals surface area contributed by atoms with Crippen LogP contribution in [0.2, 0.25) is 0 Å². The lowest BCUT2D eigenvalue weighted by atomic mass is 9.82. The van der Waals surface area contributed by atoms with Crippen LogP contribution in [-0.4, -0.2) is 29.6 Å². The van der Waals surface area contributed by atoms with Gasteiger partial charge >= 0.3 is 0 Å². The summed E-state index contributed by atoms with van der Waals surface area (Å²) in [5.74, 6) is 0.780. The Morgan fingerprint density at radius 1 is 0.619 bits per heavy atom. The SMILES string of the molecule is NC1CCCCC1CN(C1CCCCC1)C1CCCCC1. The minimum absolute atomic E-state index is 0.480. The quantitative estimate of drug-likeness (QED) is 0.828. The van der Waals surface area contributed by atoms with Crippen LogP contribution in [0, 0.1) is 5.92 Å². The Morgan fingerprint density at radius 3 is 1.62 bits per heavy atom. The Morgan fingerprint density at radius 2 is 1.10 bits per heavy atom. The number of nitrogens with two attached hydrogens (primary N) is 1. The van der Waals surface area contributed by atoms with Gasteiger partial charge in [-0.2, -0.15) is 0 Å². The van der Waals surface area contributed by atoms with Gasteiger partial charge in [0.05, 0.1) is 0 Å². The van der Waals surface area contributed by atoms with E-state index >= 15 is 0 Å². The van der Waals surface area contributed by atoms with Gasteiger partial charge in [0.15, 0.2) is 0 Å². The van der Waals surface area contributed by atoms with E-state index in [-0.39, 0.29) is 0 Å². The first-order chi connectivity index (χ1) is 10.3. The second-order valence-electron chi connectivity index (χ2n) is 7.99. The van der Waals surface area contributed by atoms with Crippen LogP contribution >= 0.6 is 0 Å². The fraction of sp³-hybridized carbons (Fsp3) is 1.00. The molecule has 2 unspecified atom stereocenters. The van der Waals surface area contributed by atoms with Crippen LogP contribution in [-0.2, 0) is 0 Å². The van der Waals surface area contributed by atoms with Crippen molar-refractivity contribution in [3.05, 3.63) is 0 Å². The summed E-state index contributed by atoms with van der Waals surface area (Å²) in [5, 5.41) is 0. The van der Waals surface area contributed by atoms with Crippen LogP contribution in [0.3, 0.4) is 0 Å². The van der Waals surface area contributed by atoms with E-state index in [1.54, 1.807) is 0 Å². The van der Waals surface area contributed by atoms with E-state index in [0.717, 1.165) is 18.0 Å². The molecule has 0 saturated heterocycles. The molecule has 3 fully saturated rings. The van der Waals surface area contributed by atoms with Gasteiger partial charge in [-0.05, 0) is 44.4 Å². The first kappa shape index (κ1) is 15.8. The molecular formula is C19H36N2. The first-order valence-corrected chi connectivity index (χ1v) is 9.86. The van der Waals surface area contributed by atoms with E-state index in [1.807, 2.05) is 0 Å². The zero-order valence-corrected chi connectivity index (χ0v) is 13.9. The van der Waals surface area contributed by atoms with Gasteiger partial charge in [0.2, 0.25) is 0 Å². The van der Waals surface area contributed by atoms with Crippen molar-refractivity contribution in [1.29, 1.82) is 0 Å². The van der Waals surface area contributed by atoms with E-state index < -0.39 is 0 Å². The molecule has 0 radical (unpaired) electrons. The Balaban J connectivity index is 1.64. The van der Waals surface area contributed by atoms with Gasteiger partial charge in [-0.3, -0.25) is 4.90 Å². The highest BCUT2D eigenvalue weighted by Crippen LogP contribution is 2.33. The monoisotopic (exact) mass is 292 g/mol. The first-order valence-electron chi connectivity index (χ1n) is 9.86. The van der Waals surface area contributed by atoms with Gasteiger partial charge in [-0.1, -0.05) is 51.4 Å². The third kappa shape index (κ3) is 4.22. The van der Waals surface area contributed by atoms with Crippen molar-refractivity contribution in [1.82, 2.24) is 4.90 Å². The summed E-state index contributed by atoms with van der Waals surface area (Å²) in [6, 6.07) is 2.25. The molecule has 0 bridgehead atoms. The smallest absolute Gasteiger partial charge is 0.00983 e. The van der Waals surface area contributed by atoms with Crippen LogP contribution in [0.15, 0.2) is 0 Å². The van der Waals surface area contributed by atoms with Gasteiger partial charge in [-0.25, -0.2) is 0 Å². The van der Waals surface area contributed by atoms with Crippen LogP contribution in [0.5, 0.6) is 0 Å². The van der Waals surface area contributed by atoms with Crippen molar-refractivity contribution in [2.45, 2.75) is 108 Å². The van der Waals surface area contributed by atoms with Gasteiger partial charge < -0.3 is 5.73 Å². The fourth-order valence-corrected chi connectivity index (χ4v) is 5.16. The van der Waals surface area contributed by atoms with Gasteiger partial charge in [0, 0.05) is 24.7 Å². The minimum atomic E-state index is 0.480. The van der Waals surface area contributed by atoms with Crippen molar-refractivity contribution < 1.29 is 0 Å². The number of rotatable bonds is 4. The molecule has 2 nitrogen and oxygen atoms in total. The topological polar surface area (TPSA) is 29.3 Å². The summed E-state index contributed by atoms with van der Waals surface area (Å²) in [4.78, 5) is 2.97. The predicted molar refractivity (Wildman–Crippen MR) is 90.4 cm³/mol. The van der Waals surface area contributed by atoms with Crippen molar-refractivity contribution >= 4 is 0 Å². The molecule has 21 heavy (non-hydrogen) atoms. The maximum Gasteiger partial charge on any atom is 0.00983 e. The summed E-state index contributed by atoms with van der Waals surface area (Å²) in [5.41, 5.74) is 6.46. The van der Waals surface area contributed by atoms with E-state index in [4.69, 9.17) is 5.73 Å². The average molecular weight is 293 g/mol. The van der Waals surface area contributed by atoms with E-state index in [1.165, 1.54) is 96.4 Å². The van der Waals surface area contributed by atoms with Gasteiger partial charge in [-0.15, -0.1) is 0 Å². The Labute approximate surface area is 131 Å².